The molecule has 10 nitrogen and oxygen atoms in total. The molecule has 0 aliphatic carbocycles. The van der Waals surface area contributed by atoms with Crippen molar-refractivity contribution in [2.75, 3.05) is 7.11 Å². The SMILES string of the molecule is COc1ccc(/C=N\NC(=O)C(=O)NCc2ccccn2)cc1[N+](=O)[O-]. The highest BCUT2D eigenvalue weighted by Crippen LogP contribution is 2.26. The number of hydrogen-bond acceptors (Lipinski definition) is 7. The number of aromatic nitrogens is 1. The van der Waals surface area contributed by atoms with E-state index >= 15 is 0 Å². The van der Waals surface area contributed by atoms with Gasteiger partial charge < -0.3 is 10.1 Å². The monoisotopic (exact) mass is 357 g/mol. The second-order valence-corrected chi connectivity index (χ2v) is 4.89. The fourth-order valence-electron chi connectivity index (χ4n) is 1.90. The maximum absolute atomic E-state index is 11.7. The number of carbonyl (C=O) groups is 2. The predicted molar refractivity (Wildman–Crippen MR) is 91.5 cm³/mol. The smallest absolute Gasteiger partial charge is 0.329 e. The molecule has 0 saturated carbocycles. The van der Waals surface area contributed by atoms with Gasteiger partial charge in [0.05, 0.1) is 30.5 Å². The first-order valence-corrected chi connectivity index (χ1v) is 7.35. The van der Waals surface area contributed by atoms with Gasteiger partial charge in [-0.2, -0.15) is 5.10 Å². The fourth-order valence-corrected chi connectivity index (χ4v) is 1.90. The van der Waals surface area contributed by atoms with Crippen LogP contribution in [0.15, 0.2) is 47.7 Å². The number of hydrogen-bond donors (Lipinski definition) is 2. The van der Waals surface area contributed by atoms with Gasteiger partial charge in [-0.25, -0.2) is 5.43 Å². The Morgan fingerprint density at radius 3 is 2.77 bits per heavy atom. The summed E-state index contributed by atoms with van der Waals surface area (Å²) < 4.78 is 4.89. The zero-order valence-electron chi connectivity index (χ0n) is 13.7. The van der Waals surface area contributed by atoms with Crippen LogP contribution in [0.5, 0.6) is 5.75 Å². The molecule has 134 valence electrons. The fraction of sp³-hybridized carbons (Fsp3) is 0.125. The largest absolute Gasteiger partial charge is 0.490 e. The molecule has 0 unspecified atom stereocenters. The van der Waals surface area contributed by atoms with E-state index in [1.165, 1.54) is 31.5 Å². The van der Waals surface area contributed by atoms with E-state index in [1.807, 2.05) is 5.43 Å². The number of rotatable bonds is 6. The van der Waals surface area contributed by atoms with Crippen molar-refractivity contribution >= 4 is 23.7 Å². The van der Waals surface area contributed by atoms with Gasteiger partial charge in [0, 0.05) is 17.8 Å². The average Bonchev–Trinajstić information content (AvgIpc) is 2.66. The number of benzene rings is 1. The van der Waals surface area contributed by atoms with Crippen LogP contribution in [0.3, 0.4) is 0 Å². The highest BCUT2D eigenvalue weighted by Gasteiger charge is 2.15. The first-order valence-electron chi connectivity index (χ1n) is 7.35. The lowest BCUT2D eigenvalue weighted by molar-refractivity contribution is -0.385. The molecule has 2 aromatic rings. The van der Waals surface area contributed by atoms with Crippen molar-refractivity contribution in [3.05, 3.63) is 64.0 Å². The number of ether oxygens (including phenoxy) is 1. The summed E-state index contributed by atoms with van der Waals surface area (Å²) in [5.74, 6) is -1.75. The highest BCUT2D eigenvalue weighted by molar-refractivity contribution is 6.35. The summed E-state index contributed by atoms with van der Waals surface area (Å²) in [7, 11) is 1.32. The highest BCUT2D eigenvalue weighted by atomic mass is 16.6. The minimum atomic E-state index is -0.972. The Bertz CT molecular complexity index is 838. The number of hydrazone groups is 1. The van der Waals surface area contributed by atoms with Gasteiger partial charge in [0.1, 0.15) is 0 Å². The molecule has 2 amide bonds. The van der Waals surface area contributed by atoms with Crippen molar-refractivity contribution in [2.24, 2.45) is 5.10 Å². The topological polar surface area (TPSA) is 136 Å². The molecule has 2 N–H and O–H groups in total. The number of pyridine rings is 1. The third-order valence-corrected chi connectivity index (χ3v) is 3.14. The van der Waals surface area contributed by atoms with Crippen LogP contribution in [-0.2, 0) is 16.1 Å². The first kappa shape index (κ1) is 18.5. The van der Waals surface area contributed by atoms with E-state index in [4.69, 9.17) is 4.74 Å². The van der Waals surface area contributed by atoms with E-state index in [-0.39, 0.29) is 18.0 Å². The van der Waals surface area contributed by atoms with Crippen LogP contribution in [0.1, 0.15) is 11.3 Å². The molecule has 0 fully saturated rings. The third kappa shape index (κ3) is 5.09. The van der Waals surface area contributed by atoms with Gasteiger partial charge in [0.25, 0.3) is 0 Å². The molecule has 0 atom stereocenters. The molecular weight excluding hydrogens is 342 g/mol. The minimum Gasteiger partial charge on any atom is -0.490 e. The Balaban J connectivity index is 1.91. The van der Waals surface area contributed by atoms with Crippen molar-refractivity contribution in [1.82, 2.24) is 15.7 Å². The quantitative estimate of drug-likeness (QED) is 0.339. The summed E-state index contributed by atoms with van der Waals surface area (Å²) >= 11 is 0. The minimum absolute atomic E-state index is 0.0987. The van der Waals surface area contributed by atoms with Crippen LogP contribution in [0.2, 0.25) is 0 Å². The van der Waals surface area contributed by atoms with Gasteiger partial charge in [-0.15, -0.1) is 0 Å². The predicted octanol–water partition coefficient (Wildman–Crippen LogP) is 0.765. The van der Waals surface area contributed by atoms with E-state index in [0.29, 0.717) is 11.3 Å². The third-order valence-electron chi connectivity index (χ3n) is 3.14. The second kappa shape index (κ2) is 8.87. The molecule has 1 heterocycles. The molecule has 10 heteroatoms. The second-order valence-electron chi connectivity index (χ2n) is 4.89. The number of amides is 2. The van der Waals surface area contributed by atoms with E-state index in [1.54, 1.807) is 24.4 Å². The van der Waals surface area contributed by atoms with E-state index in [0.717, 1.165) is 0 Å². The van der Waals surface area contributed by atoms with Gasteiger partial charge in [-0.3, -0.25) is 24.7 Å². The number of nitro groups is 1. The zero-order valence-corrected chi connectivity index (χ0v) is 13.7. The Morgan fingerprint density at radius 1 is 1.31 bits per heavy atom. The van der Waals surface area contributed by atoms with Crippen molar-refractivity contribution in [1.29, 1.82) is 0 Å². The molecule has 1 aromatic carbocycles. The van der Waals surface area contributed by atoms with Crippen molar-refractivity contribution in [2.45, 2.75) is 6.54 Å². The van der Waals surface area contributed by atoms with E-state index < -0.39 is 16.7 Å². The summed E-state index contributed by atoms with van der Waals surface area (Å²) in [6.07, 6.45) is 2.75. The molecule has 2 rings (SSSR count). The van der Waals surface area contributed by atoms with Gasteiger partial charge in [-0.05, 0) is 24.3 Å². The lowest BCUT2D eigenvalue weighted by Crippen LogP contribution is -2.37. The number of nitro benzene ring substituents is 1. The summed E-state index contributed by atoms with van der Waals surface area (Å²) in [6, 6.07) is 9.34. The Hall–Kier alpha value is -3.82. The van der Waals surface area contributed by atoms with E-state index in [9.17, 15) is 19.7 Å². The van der Waals surface area contributed by atoms with Gasteiger partial charge in [-0.1, -0.05) is 6.07 Å². The van der Waals surface area contributed by atoms with Gasteiger partial charge in [0.2, 0.25) is 0 Å². The summed E-state index contributed by atoms with van der Waals surface area (Å²) in [4.78, 5) is 37.7. The Labute approximate surface area is 148 Å². The maximum Gasteiger partial charge on any atom is 0.329 e. The van der Waals surface area contributed by atoms with Crippen LogP contribution >= 0.6 is 0 Å². The molecule has 0 aliphatic rings. The van der Waals surface area contributed by atoms with Crippen LogP contribution in [0.4, 0.5) is 5.69 Å². The number of nitrogens with zero attached hydrogens (tertiary/aromatic N) is 3. The van der Waals surface area contributed by atoms with Gasteiger partial charge >= 0.3 is 17.5 Å². The maximum atomic E-state index is 11.7. The molecule has 1 aromatic heterocycles. The number of nitrogens with one attached hydrogen (secondary N) is 2. The first-order chi connectivity index (χ1) is 12.5. The number of methoxy groups -OCH3 is 1. The van der Waals surface area contributed by atoms with Crippen molar-refractivity contribution < 1.29 is 19.2 Å². The van der Waals surface area contributed by atoms with Crippen molar-refractivity contribution in [3.8, 4) is 5.75 Å². The van der Waals surface area contributed by atoms with Gasteiger partial charge in [0.15, 0.2) is 5.75 Å². The average molecular weight is 357 g/mol. The standard InChI is InChI=1S/C16H15N5O5/c1-26-14-6-5-11(8-13(14)21(24)25)9-19-20-16(23)15(22)18-10-12-4-2-3-7-17-12/h2-9H,10H2,1H3,(H,18,22)(H,20,23)/b19-9-. The molecule has 0 bridgehead atoms. The molecular formula is C16H15N5O5. The van der Waals surface area contributed by atoms with Crippen LogP contribution in [0.25, 0.3) is 0 Å². The summed E-state index contributed by atoms with van der Waals surface area (Å²) in [6.45, 7) is 0.0987. The zero-order chi connectivity index (χ0) is 18.9. The summed E-state index contributed by atoms with van der Waals surface area (Å²) in [5, 5.41) is 16.9. The van der Waals surface area contributed by atoms with Crippen LogP contribution in [0, 0.1) is 10.1 Å². The lowest BCUT2D eigenvalue weighted by atomic mass is 10.2. The molecule has 0 radical (unpaired) electrons. The van der Waals surface area contributed by atoms with Crippen LogP contribution in [-0.4, -0.2) is 35.0 Å². The summed E-state index contributed by atoms with van der Waals surface area (Å²) in [5.41, 5.74) is 2.75. The Morgan fingerprint density at radius 2 is 2.12 bits per heavy atom. The molecule has 0 aliphatic heterocycles. The number of carbonyl (C=O) groups excluding carboxylic acids is 2. The lowest BCUT2D eigenvalue weighted by Gasteiger charge is -2.03. The Kier molecular flexibility index (Phi) is 6.32. The van der Waals surface area contributed by atoms with Crippen molar-refractivity contribution in [3.63, 3.8) is 0 Å². The molecule has 0 spiro atoms. The normalized spacial score (nSPS) is 10.3. The van der Waals surface area contributed by atoms with Crippen LogP contribution < -0.4 is 15.5 Å². The molecule has 26 heavy (non-hydrogen) atoms. The molecule has 0 saturated heterocycles. The van der Waals surface area contributed by atoms with E-state index in [2.05, 4.69) is 15.4 Å².